The van der Waals surface area contributed by atoms with E-state index in [1.54, 1.807) is 6.92 Å². The SMILES string of the molecule is CCOC(=O)CC(=O)[O-].[Rb+]. The summed E-state index contributed by atoms with van der Waals surface area (Å²) >= 11 is 0. The number of carboxylic acids is 1. The zero-order valence-corrected chi connectivity index (χ0v) is 11.0. The third-order valence-corrected chi connectivity index (χ3v) is 0.594. The summed E-state index contributed by atoms with van der Waals surface area (Å²) in [6.07, 6.45) is -0.659. The van der Waals surface area contributed by atoms with Crippen LogP contribution in [0.2, 0.25) is 0 Å². The summed E-state index contributed by atoms with van der Waals surface area (Å²) < 4.78 is 4.29. The molecule has 0 saturated carbocycles. The van der Waals surface area contributed by atoms with E-state index >= 15 is 0 Å². The van der Waals surface area contributed by atoms with E-state index in [9.17, 15) is 14.7 Å². The van der Waals surface area contributed by atoms with Crippen LogP contribution in [0.5, 0.6) is 0 Å². The van der Waals surface area contributed by atoms with Crippen molar-refractivity contribution in [3.8, 4) is 0 Å². The van der Waals surface area contributed by atoms with Crippen LogP contribution in [-0.4, -0.2) is 18.5 Å². The first-order chi connectivity index (χ1) is 4.16. The predicted molar refractivity (Wildman–Crippen MR) is 26.3 cm³/mol. The van der Waals surface area contributed by atoms with Crippen LogP contribution in [0.1, 0.15) is 13.3 Å². The number of hydrogen-bond acceptors (Lipinski definition) is 4. The number of ether oxygens (including phenoxy) is 1. The molecule has 0 heterocycles. The Morgan fingerprint density at radius 1 is 1.50 bits per heavy atom. The average molecular weight is 217 g/mol. The molecule has 0 rings (SSSR count). The van der Waals surface area contributed by atoms with Gasteiger partial charge in [0.2, 0.25) is 0 Å². The second-order valence-corrected chi connectivity index (χ2v) is 1.35. The summed E-state index contributed by atoms with van der Waals surface area (Å²) in [5.74, 6) is -2.16. The molecule has 0 aliphatic heterocycles. The van der Waals surface area contributed by atoms with Crippen LogP contribution in [0.15, 0.2) is 0 Å². The molecular formula is C5H7O4Rb. The standard InChI is InChI=1S/C5H8O4.Rb/c1-2-9-5(8)3-4(6)7;/h2-3H2,1H3,(H,6,7);/q;+1/p-1. The Balaban J connectivity index is 0. The monoisotopic (exact) mass is 216 g/mol. The summed E-state index contributed by atoms with van der Waals surface area (Å²) in [4.78, 5) is 19.9. The Morgan fingerprint density at radius 3 is 2.30 bits per heavy atom. The van der Waals surface area contributed by atoms with E-state index in [2.05, 4.69) is 4.74 Å². The number of aliphatic carboxylic acids is 1. The molecule has 10 heavy (non-hydrogen) atoms. The van der Waals surface area contributed by atoms with Gasteiger partial charge in [-0.3, -0.25) is 4.79 Å². The van der Waals surface area contributed by atoms with Gasteiger partial charge in [-0.05, 0) is 6.92 Å². The zero-order chi connectivity index (χ0) is 7.28. The number of esters is 1. The van der Waals surface area contributed by atoms with E-state index in [-0.39, 0.29) is 64.8 Å². The van der Waals surface area contributed by atoms with Gasteiger partial charge in [-0.1, -0.05) is 0 Å². The van der Waals surface area contributed by atoms with Gasteiger partial charge < -0.3 is 14.6 Å². The minimum Gasteiger partial charge on any atom is -0.550 e. The van der Waals surface area contributed by atoms with E-state index in [1.807, 2.05) is 0 Å². The first-order valence-electron chi connectivity index (χ1n) is 2.52. The summed E-state index contributed by atoms with van der Waals surface area (Å²) in [7, 11) is 0. The van der Waals surface area contributed by atoms with E-state index in [4.69, 9.17) is 0 Å². The van der Waals surface area contributed by atoms with E-state index < -0.39 is 18.4 Å². The zero-order valence-electron chi connectivity index (χ0n) is 6.05. The van der Waals surface area contributed by atoms with Crippen LogP contribution in [0.25, 0.3) is 0 Å². The Morgan fingerprint density at radius 2 is 2.00 bits per heavy atom. The number of carbonyl (C=O) groups excluding carboxylic acids is 2. The number of rotatable bonds is 3. The van der Waals surface area contributed by atoms with Crippen LogP contribution in [0.4, 0.5) is 0 Å². The van der Waals surface area contributed by atoms with Crippen molar-refractivity contribution in [1.29, 1.82) is 0 Å². The maximum absolute atomic E-state index is 10.2. The van der Waals surface area contributed by atoms with Gasteiger partial charge in [-0.2, -0.15) is 0 Å². The molecule has 0 bridgehead atoms. The van der Waals surface area contributed by atoms with Crippen molar-refractivity contribution in [3.63, 3.8) is 0 Å². The van der Waals surface area contributed by atoms with Crippen molar-refractivity contribution in [1.82, 2.24) is 0 Å². The Kier molecular flexibility index (Phi) is 10.5. The molecule has 0 aliphatic carbocycles. The Labute approximate surface area is 108 Å². The number of hydrogen-bond donors (Lipinski definition) is 0. The molecule has 0 radical (unpaired) electrons. The molecule has 0 spiro atoms. The third-order valence-electron chi connectivity index (χ3n) is 0.594. The van der Waals surface area contributed by atoms with Crippen LogP contribution in [0.3, 0.4) is 0 Å². The van der Waals surface area contributed by atoms with Crippen LogP contribution >= 0.6 is 0 Å². The molecule has 0 amide bonds. The van der Waals surface area contributed by atoms with Crippen molar-refractivity contribution in [2.75, 3.05) is 6.61 Å². The van der Waals surface area contributed by atoms with E-state index in [0.29, 0.717) is 0 Å². The van der Waals surface area contributed by atoms with E-state index in [1.165, 1.54) is 0 Å². The molecule has 5 heteroatoms. The fourth-order valence-corrected chi connectivity index (χ4v) is 0.330. The number of carbonyl (C=O) groups is 2. The van der Waals surface area contributed by atoms with E-state index in [0.717, 1.165) is 0 Å². The molecule has 0 atom stereocenters. The smallest absolute Gasteiger partial charge is 0.550 e. The minimum absolute atomic E-state index is 0. The molecular weight excluding hydrogens is 210 g/mol. The summed E-state index contributed by atoms with van der Waals surface area (Å²) in [6, 6.07) is 0. The van der Waals surface area contributed by atoms with Crippen molar-refractivity contribution >= 4 is 11.9 Å². The maximum atomic E-state index is 10.2. The molecule has 4 nitrogen and oxygen atoms in total. The van der Waals surface area contributed by atoms with Crippen LogP contribution in [-0.2, 0) is 14.3 Å². The van der Waals surface area contributed by atoms with Gasteiger partial charge in [0.15, 0.2) is 0 Å². The largest absolute Gasteiger partial charge is 1.00 e. The van der Waals surface area contributed by atoms with Gasteiger partial charge in [0, 0.05) is 0 Å². The first kappa shape index (κ1) is 13.3. The molecule has 0 N–H and O–H groups in total. The minimum atomic E-state index is -1.41. The fraction of sp³-hybridized carbons (Fsp3) is 0.600. The van der Waals surface area contributed by atoms with Gasteiger partial charge in [0.1, 0.15) is 0 Å². The van der Waals surface area contributed by atoms with Gasteiger partial charge in [0.25, 0.3) is 0 Å². The van der Waals surface area contributed by atoms with Gasteiger partial charge in [-0.15, -0.1) is 0 Å². The number of carboxylic acid groups (broad SMARTS) is 1. The second-order valence-electron chi connectivity index (χ2n) is 1.35. The summed E-state index contributed by atoms with van der Waals surface area (Å²) in [5, 5.41) is 9.67. The molecule has 0 fully saturated rings. The normalized spacial score (nSPS) is 7.70. The van der Waals surface area contributed by atoms with Gasteiger partial charge in [0.05, 0.1) is 19.0 Å². The second kappa shape index (κ2) is 7.85. The average Bonchev–Trinajstić information content (AvgIpc) is 1.63. The Hall–Kier alpha value is 0.745. The molecule has 0 aromatic carbocycles. The van der Waals surface area contributed by atoms with Gasteiger partial charge in [-0.25, -0.2) is 0 Å². The quantitative estimate of drug-likeness (QED) is 0.354. The van der Waals surface area contributed by atoms with Gasteiger partial charge >= 0.3 is 64.2 Å². The van der Waals surface area contributed by atoms with Crippen LogP contribution < -0.4 is 63.3 Å². The molecule has 0 unspecified atom stereocenters. The molecule has 0 aliphatic rings. The fourth-order valence-electron chi connectivity index (χ4n) is 0.330. The van der Waals surface area contributed by atoms with Crippen LogP contribution in [0, 0.1) is 0 Å². The van der Waals surface area contributed by atoms with Crippen molar-refractivity contribution < 1.29 is 77.6 Å². The predicted octanol–water partition coefficient (Wildman–Crippen LogP) is -4.31. The van der Waals surface area contributed by atoms with Crippen molar-refractivity contribution in [3.05, 3.63) is 0 Å². The molecule has 0 aromatic rings. The van der Waals surface area contributed by atoms with Crippen molar-refractivity contribution in [2.45, 2.75) is 13.3 Å². The molecule has 0 saturated heterocycles. The topological polar surface area (TPSA) is 66.4 Å². The first-order valence-corrected chi connectivity index (χ1v) is 2.52. The third kappa shape index (κ3) is 8.75. The summed E-state index contributed by atoms with van der Waals surface area (Å²) in [5.41, 5.74) is 0. The Bertz CT molecular complexity index is 123. The maximum Gasteiger partial charge on any atom is 1.00 e. The molecule has 52 valence electrons. The van der Waals surface area contributed by atoms with Crippen molar-refractivity contribution in [2.24, 2.45) is 0 Å². The molecule has 0 aromatic heterocycles. The summed E-state index contributed by atoms with van der Waals surface area (Å²) in [6.45, 7) is 1.80.